The van der Waals surface area contributed by atoms with Crippen molar-refractivity contribution in [2.45, 2.75) is 71.0 Å². The molecule has 1 fully saturated rings. The molecule has 0 amide bonds. The fourth-order valence-corrected chi connectivity index (χ4v) is 2.51. The molecule has 1 saturated carbocycles. The van der Waals surface area contributed by atoms with Crippen LogP contribution in [0.5, 0.6) is 0 Å². The van der Waals surface area contributed by atoms with E-state index in [0.717, 1.165) is 13.1 Å². The van der Waals surface area contributed by atoms with Crippen LogP contribution in [0.4, 0.5) is 0 Å². The Hall–Kier alpha value is -0.0800. The first-order valence-corrected chi connectivity index (χ1v) is 6.38. The van der Waals surface area contributed by atoms with Crippen LogP contribution in [0.2, 0.25) is 0 Å². The highest BCUT2D eigenvalue weighted by atomic mass is 16.5. The van der Waals surface area contributed by atoms with Gasteiger partial charge in [-0.15, -0.1) is 0 Å². The molecule has 0 spiro atoms. The van der Waals surface area contributed by atoms with Crippen LogP contribution >= 0.6 is 0 Å². The van der Waals surface area contributed by atoms with Gasteiger partial charge in [0.2, 0.25) is 0 Å². The van der Waals surface area contributed by atoms with Gasteiger partial charge >= 0.3 is 0 Å². The number of nitrogens with one attached hydrogen (secondary N) is 1. The fraction of sp³-hybridized carbons (Fsp3) is 1.00. The van der Waals surface area contributed by atoms with Crippen molar-refractivity contribution in [1.29, 1.82) is 0 Å². The number of likely N-dealkylation sites (N-methyl/N-ethyl adjacent to an activating group) is 1. The van der Waals surface area contributed by atoms with Crippen LogP contribution in [-0.2, 0) is 4.74 Å². The van der Waals surface area contributed by atoms with E-state index in [2.05, 4.69) is 33.0 Å². The van der Waals surface area contributed by atoms with Crippen molar-refractivity contribution >= 4 is 0 Å². The molecule has 0 radical (unpaired) electrons. The summed E-state index contributed by atoms with van der Waals surface area (Å²) < 4.78 is 6.31. The highest BCUT2D eigenvalue weighted by Crippen LogP contribution is 2.34. The summed E-state index contributed by atoms with van der Waals surface area (Å²) in [5, 5.41) is 3.46. The SMILES string of the molecule is CCNCC1(OC(C)(C)C)CCCCC1. The molecule has 0 atom stereocenters. The van der Waals surface area contributed by atoms with Crippen molar-refractivity contribution in [2.75, 3.05) is 13.1 Å². The van der Waals surface area contributed by atoms with Crippen LogP contribution in [0.25, 0.3) is 0 Å². The van der Waals surface area contributed by atoms with Gasteiger partial charge in [-0.05, 0) is 40.2 Å². The molecular formula is C13H27NO. The first-order chi connectivity index (χ1) is 6.97. The van der Waals surface area contributed by atoms with Crippen LogP contribution in [0.1, 0.15) is 59.8 Å². The lowest BCUT2D eigenvalue weighted by Crippen LogP contribution is -2.48. The number of hydrogen-bond acceptors (Lipinski definition) is 2. The Kier molecular flexibility index (Phi) is 4.60. The summed E-state index contributed by atoms with van der Waals surface area (Å²) in [4.78, 5) is 0. The highest BCUT2D eigenvalue weighted by Gasteiger charge is 2.36. The Labute approximate surface area is 94.8 Å². The van der Waals surface area contributed by atoms with E-state index in [1.54, 1.807) is 0 Å². The zero-order valence-corrected chi connectivity index (χ0v) is 10.9. The van der Waals surface area contributed by atoms with E-state index in [-0.39, 0.29) is 11.2 Å². The summed E-state index contributed by atoms with van der Waals surface area (Å²) in [6, 6.07) is 0. The summed E-state index contributed by atoms with van der Waals surface area (Å²) in [6.07, 6.45) is 6.46. The third-order valence-corrected chi connectivity index (χ3v) is 2.98. The minimum atomic E-state index is -0.0211. The predicted octanol–water partition coefficient (Wildman–Crippen LogP) is 3.11. The summed E-state index contributed by atoms with van der Waals surface area (Å²) >= 11 is 0. The minimum absolute atomic E-state index is 0.0211. The molecule has 2 nitrogen and oxygen atoms in total. The van der Waals surface area contributed by atoms with E-state index in [1.165, 1.54) is 32.1 Å². The van der Waals surface area contributed by atoms with Gasteiger partial charge in [0.1, 0.15) is 0 Å². The first-order valence-electron chi connectivity index (χ1n) is 6.38. The van der Waals surface area contributed by atoms with Crippen LogP contribution in [0, 0.1) is 0 Å². The number of hydrogen-bond donors (Lipinski definition) is 1. The second-order valence-corrected chi connectivity index (χ2v) is 5.74. The molecule has 90 valence electrons. The smallest absolute Gasteiger partial charge is 0.0813 e. The monoisotopic (exact) mass is 213 g/mol. The molecular weight excluding hydrogens is 186 g/mol. The maximum Gasteiger partial charge on any atom is 0.0813 e. The lowest BCUT2D eigenvalue weighted by atomic mass is 9.84. The van der Waals surface area contributed by atoms with E-state index < -0.39 is 0 Å². The van der Waals surface area contributed by atoms with Gasteiger partial charge in [0.05, 0.1) is 11.2 Å². The predicted molar refractivity (Wildman–Crippen MR) is 65.2 cm³/mol. The minimum Gasteiger partial charge on any atom is -0.368 e. The average molecular weight is 213 g/mol. The van der Waals surface area contributed by atoms with Crippen molar-refractivity contribution in [1.82, 2.24) is 5.32 Å². The summed E-state index contributed by atoms with van der Waals surface area (Å²) in [5.74, 6) is 0. The van der Waals surface area contributed by atoms with Gasteiger partial charge in [0.15, 0.2) is 0 Å². The first kappa shape index (κ1) is 13.0. The Morgan fingerprint density at radius 1 is 1.13 bits per heavy atom. The molecule has 0 heterocycles. The Bertz CT molecular complexity index is 177. The maximum absolute atomic E-state index is 6.31. The zero-order chi connectivity index (χ0) is 11.4. The lowest BCUT2D eigenvalue weighted by Gasteiger charge is -2.42. The molecule has 1 aliphatic rings. The summed E-state index contributed by atoms with van der Waals surface area (Å²) in [7, 11) is 0. The van der Waals surface area contributed by atoms with E-state index >= 15 is 0 Å². The molecule has 1 N–H and O–H groups in total. The van der Waals surface area contributed by atoms with E-state index in [9.17, 15) is 0 Å². The Morgan fingerprint density at radius 2 is 1.73 bits per heavy atom. The quantitative estimate of drug-likeness (QED) is 0.774. The van der Waals surface area contributed by atoms with Crippen LogP contribution in [0.3, 0.4) is 0 Å². The van der Waals surface area contributed by atoms with Gasteiger partial charge in [-0.1, -0.05) is 26.2 Å². The van der Waals surface area contributed by atoms with Crippen molar-refractivity contribution < 1.29 is 4.74 Å². The normalized spacial score (nSPS) is 21.6. The Balaban J connectivity index is 2.58. The summed E-state index contributed by atoms with van der Waals surface area (Å²) in [5.41, 5.74) is 0.0826. The van der Waals surface area contributed by atoms with Crippen LogP contribution < -0.4 is 5.32 Å². The van der Waals surface area contributed by atoms with Gasteiger partial charge in [0.25, 0.3) is 0 Å². The third-order valence-electron chi connectivity index (χ3n) is 2.98. The molecule has 0 saturated heterocycles. The Morgan fingerprint density at radius 3 is 2.20 bits per heavy atom. The van der Waals surface area contributed by atoms with Crippen molar-refractivity contribution in [3.05, 3.63) is 0 Å². The molecule has 2 heteroatoms. The molecule has 1 rings (SSSR count). The van der Waals surface area contributed by atoms with E-state index in [4.69, 9.17) is 4.74 Å². The largest absolute Gasteiger partial charge is 0.368 e. The topological polar surface area (TPSA) is 21.3 Å². The van der Waals surface area contributed by atoms with Gasteiger partial charge in [-0.3, -0.25) is 0 Å². The number of rotatable bonds is 4. The van der Waals surface area contributed by atoms with Crippen molar-refractivity contribution in [3.8, 4) is 0 Å². The summed E-state index contributed by atoms with van der Waals surface area (Å²) in [6.45, 7) is 10.7. The number of ether oxygens (including phenoxy) is 1. The average Bonchev–Trinajstić information content (AvgIpc) is 2.14. The maximum atomic E-state index is 6.31. The van der Waals surface area contributed by atoms with Gasteiger partial charge < -0.3 is 10.1 Å². The molecule has 0 unspecified atom stereocenters. The molecule has 0 aliphatic heterocycles. The second kappa shape index (κ2) is 5.31. The second-order valence-electron chi connectivity index (χ2n) is 5.74. The fourth-order valence-electron chi connectivity index (χ4n) is 2.51. The van der Waals surface area contributed by atoms with Gasteiger partial charge in [-0.2, -0.15) is 0 Å². The molecule has 0 aromatic carbocycles. The molecule has 0 bridgehead atoms. The van der Waals surface area contributed by atoms with E-state index in [1.807, 2.05) is 0 Å². The van der Waals surface area contributed by atoms with Gasteiger partial charge in [-0.25, -0.2) is 0 Å². The standard InChI is InChI=1S/C13H27NO/c1-5-14-11-13(15-12(2,3)4)9-7-6-8-10-13/h14H,5-11H2,1-4H3. The third kappa shape index (κ3) is 4.52. The molecule has 0 aromatic heterocycles. The van der Waals surface area contributed by atoms with Crippen molar-refractivity contribution in [3.63, 3.8) is 0 Å². The van der Waals surface area contributed by atoms with Crippen molar-refractivity contribution in [2.24, 2.45) is 0 Å². The van der Waals surface area contributed by atoms with Crippen LogP contribution in [0.15, 0.2) is 0 Å². The lowest BCUT2D eigenvalue weighted by molar-refractivity contribution is -0.146. The van der Waals surface area contributed by atoms with E-state index in [0.29, 0.717) is 0 Å². The molecule has 0 aromatic rings. The molecule has 15 heavy (non-hydrogen) atoms. The highest BCUT2D eigenvalue weighted by molar-refractivity contribution is 4.88. The van der Waals surface area contributed by atoms with Crippen LogP contribution in [-0.4, -0.2) is 24.3 Å². The van der Waals surface area contributed by atoms with Gasteiger partial charge in [0, 0.05) is 6.54 Å². The molecule has 1 aliphatic carbocycles. The zero-order valence-electron chi connectivity index (χ0n) is 10.9.